The van der Waals surface area contributed by atoms with E-state index in [0.717, 1.165) is 44.8 Å². The molecule has 1 aromatic rings. The predicted octanol–water partition coefficient (Wildman–Crippen LogP) is 1.49. The lowest BCUT2D eigenvalue weighted by Gasteiger charge is -2.20. The Kier molecular flexibility index (Phi) is 4.90. The van der Waals surface area contributed by atoms with Gasteiger partial charge in [-0.05, 0) is 37.9 Å². The van der Waals surface area contributed by atoms with E-state index in [9.17, 15) is 8.78 Å². The van der Waals surface area contributed by atoms with Gasteiger partial charge in [0.05, 0.1) is 0 Å². The molecule has 2 aliphatic heterocycles. The van der Waals surface area contributed by atoms with Gasteiger partial charge in [0.15, 0.2) is 11.6 Å². The van der Waals surface area contributed by atoms with Crippen molar-refractivity contribution in [3.63, 3.8) is 0 Å². The van der Waals surface area contributed by atoms with E-state index in [1.54, 1.807) is 6.07 Å². The fraction of sp³-hybridized carbons (Fsp3) is 0.625. The van der Waals surface area contributed by atoms with Crippen molar-refractivity contribution < 1.29 is 8.78 Å². The van der Waals surface area contributed by atoms with Crippen LogP contribution in [0.25, 0.3) is 0 Å². The standard InChI is InChI=1S/C16H24F2N4/c1-11-13(9-20-21-11)8-19-7-12-4-5-22(10-12)14-2-3-15(17)16(18)6-14/h2-3,6,11-13,19-21H,4-5,7-10H2,1H3. The first-order valence-electron chi connectivity index (χ1n) is 8.02. The highest BCUT2D eigenvalue weighted by Crippen LogP contribution is 2.25. The van der Waals surface area contributed by atoms with E-state index in [4.69, 9.17) is 0 Å². The Morgan fingerprint density at radius 1 is 1.27 bits per heavy atom. The summed E-state index contributed by atoms with van der Waals surface area (Å²) >= 11 is 0. The van der Waals surface area contributed by atoms with E-state index < -0.39 is 11.6 Å². The van der Waals surface area contributed by atoms with Crippen LogP contribution in [-0.4, -0.2) is 38.8 Å². The minimum atomic E-state index is -0.783. The summed E-state index contributed by atoms with van der Waals surface area (Å²) in [6.07, 6.45) is 1.09. The van der Waals surface area contributed by atoms with Gasteiger partial charge < -0.3 is 10.2 Å². The number of hydrazine groups is 1. The summed E-state index contributed by atoms with van der Waals surface area (Å²) in [5.74, 6) is -0.377. The minimum absolute atomic E-state index is 0.495. The lowest BCUT2D eigenvalue weighted by molar-refractivity contribution is 0.426. The monoisotopic (exact) mass is 310 g/mol. The molecule has 2 heterocycles. The SMILES string of the molecule is CC1NNCC1CNCC1CCN(c2ccc(F)c(F)c2)C1. The topological polar surface area (TPSA) is 39.3 Å². The van der Waals surface area contributed by atoms with E-state index in [1.807, 2.05) is 0 Å². The van der Waals surface area contributed by atoms with Crippen LogP contribution in [0.5, 0.6) is 0 Å². The highest BCUT2D eigenvalue weighted by Gasteiger charge is 2.25. The van der Waals surface area contributed by atoms with Crippen molar-refractivity contribution in [2.24, 2.45) is 11.8 Å². The predicted molar refractivity (Wildman–Crippen MR) is 83.6 cm³/mol. The Bertz CT molecular complexity index is 511. The van der Waals surface area contributed by atoms with Crippen LogP contribution in [0.4, 0.5) is 14.5 Å². The number of rotatable bonds is 5. The summed E-state index contributed by atoms with van der Waals surface area (Å²) in [4.78, 5) is 2.14. The molecule has 122 valence electrons. The smallest absolute Gasteiger partial charge is 0.160 e. The largest absolute Gasteiger partial charge is 0.371 e. The fourth-order valence-electron chi connectivity index (χ4n) is 3.28. The van der Waals surface area contributed by atoms with Crippen LogP contribution >= 0.6 is 0 Å². The molecule has 0 aliphatic carbocycles. The van der Waals surface area contributed by atoms with E-state index in [1.165, 1.54) is 12.1 Å². The average molecular weight is 310 g/mol. The molecule has 0 saturated carbocycles. The highest BCUT2D eigenvalue weighted by molar-refractivity contribution is 5.47. The van der Waals surface area contributed by atoms with E-state index >= 15 is 0 Å². The number of hydrogen-bond acceptors (Lipinski definition) is 4. The van der Waals surface area contributed by atoms with Crippen molar-refractivity contribution >= 4 is 5.69 Å². The average Bonchev–Trinajstić information content (AvgIpc) is 3.12. The first kappa shape index (κ1) is 15.6. The van der Waals surface area contributed by atoms with E-state index in [0.29, 0.717) is 17.9 Å². The first-order chi connectivity index (χ1) is 10.6. The molecule has 2 aliphatic rings. The molecule has 22 heavy (non-hydrogen) atoms. The third kappa shape index (κ3) is 3.56. The van der Waals surface area contributed by atoms with Gasteiger partial charge in [-0.2, -0.15) is 0 Å². The van der Waals surface area contributed by atoms with Crippen LogP contribution in [0.2, 0.25) is 0 Å². The van der Waals surface area contributed by atoms with Crippen molar-refractivity contribution in [2.75, 3.05) is 37.6 Å². The van der Waals surface area contributed by atoms with Gasteiger partial charge in [0.25, 0.3) is 0 Å². The second-order valence-corrected chi connectivity index (χ2v) is 6.43. The zero-order chi connectivity index (χ0) is 15.5. The Balaban J connectivity index is 1.44. The van der Waals surface area contributed by atoms with Crippen LogP contribution in [0.3, 0.4) is 0 Å². The van der Waals surface area contributed by atoms with Gasteiger partial charge in [0, 0.05) is 49.9 Å². The second-order valence-electron chi connectivity index (χ2n) is 6.43. The van der Waals surface area contributed by atoms with Gasteiger partial charge in [-0.15, -0.1) is 0 Å². The van der Waals surface area contributed by atoms with Crippen LogP contribution in [0, 0.1) is 23.5 Å². The molecule has 0 radical (unpaired) electrons. The van der Waals surface area contributed by atoms with Crippen LogP contribution < -0.4 is 21.1 Å². The number of anilines is 1. The van der Waals surface area contributed by atoms with Gasteiger partial charge >= 0.3 is 0 Å². The number of benzene rings is 1. The Hall–Kier alpha value is -1.24. The van der Waals surface area contributed by atoms with Gasteiger partial charge in [0.2, 0.25) is 0 Å². The number of nitrogens with zero attached hydrogens (tertiary/aromatic N) is 1. The summed E-state index contributed by atoms with van der Waals surface area (Å²) in [6.45, 7) is 6.97. The molecule has 4 nitrogen and oxygen atoms in total. The summed E-state index contributed by atoms with van der Waals surface area (Å²) in [6, 6.07) is 4.65. The van der Waals surface area contributed by atoms with E-state index in [-0.39, 0.29) is 0 Å². The van der Waals surface area contributed by atoms with Gasteiger partial charge in [-0.25, -0.2) is 8.78 Å². The summed E-state index contributed by atoms with van der Waals surface area (Å²) in [5, 5.41) is 3.55. The summed E-state index contributed by atoms with van der Waals surface area (Å²) in [7, 11) is 0. The third-order valence-corrected chi connectivity index (χ3v) is 4.79. The molecule has 0 amide bonds. The quantitative estimate of drug-likeness (QED) is 0.771. The third-order valence-electron chi connectivity index (χ3n) is 4.79. The van der Waals surface area contributed by atoms with Crippen molar-refractivity contribution in [3.05, 3.63) is 29.8 Å². The molecule has 0 spiro atoms. The molecule has 1 aromatic carbocycles. The van der Waals surface area contributed by atoms with Crippen molar-refractivity contribution in [1.29, 1.82) is 0 Å². The van der Waals surface area contributed by atoms with Gasteiger partial charge in [-0.3, -0.25) is 10.9 Å². The maximum atomic E-state index is 13.3. The molecule has 3 unspecified atom stereocenters. The molecule has 2 saturated heterocycles. The lowest BCUT2D eigenvalue weighted by Crippen LogP contribution is -2.35. The maximum absolute atomic E-state index is 13.3. The molecule has 6 heteroatoms. The van der Waals surface area contributed by atoms with E-state index in [2.05, 4.69) is 28.0 Å². The van der Waals surface area contributed by atoms with Crippen molar-refractivity contribution in [3.8, 4) is 0 Å². The Morgan fingerprint density at radius 3 is 2.86 bits per heavy atom. The number of halogens is 2. The summed E-state index contributed by atoms with van der Waals surface area (Å²) in [5.41, 5.74) is 7.17. The fourth-order valence-corrected chi connectivity index (χ4v) is 3.28. The van der Waals surface area contributed by atoms with Crippen molar-refractivity contribution in [2.45, 2.75) is 19.4 Å². The normalized spacial score (nSPS) is 28.5. The molecule has 3 atom stereocenters. The highest BCUT2D eigenvalue weighted by atomic mass is 19.2. The molecule has 2 fully saturated rings. The molecular weight excluding hydrogens is 286 g/mol. The van der Waals surface area contributed by atoms with Gasteiger partial charge in [-0.1, -0.05) is 0 Å². The molecule has 0 aromatic heterocycles. The van der Waals surface area contributed by atoms with Crippen LogP contribution in [0.15, 0.2) is 18.2 Å². The lowest BCUT2D eigenvalue weighted by atomic mass is 10.0. The zero-order valence-corrected chi connectivity index (χ0v) is 12.9. The minimum Gasteiger partial charge on any atom is -0.371 e. The Labute approximate surface area is 130 Å². The van der Waals surface area contributed by atoms with Gasteiger partial charge in [0.1, 0.15) is 0 Å². The van der Waals surface area contributed by atoms with Crippen LogP contribution in [0.1, 0.15) is 13.3 Å². The molecule has 3 N–H and O–H groups in total. The second kappa shape index (κ2) is 6.89. The first-order valence-corrected chi connectivity index (χ1v) is 8.02. The molecular formula is C16H24F2N4. The Morgan fingerprint density at radius 2 is 2.14 bits per heavy atom. The number of nitrogens with one attached hydrogen (secondary N) is 3. The van der Waals surface area contributed by atoms with Crippen LogP contribution in [-0.2, 0) is 0 Å². The molecule has 3 rings (SSSR count). The summed E-state index contributed by atoms with van der Waals surface area (Å²) < 4.78 is 26.3. The maximum Gasteiger partial charge on any atom is 0.160 e. The van der Waals surface area contributed by atoms with Crippen molar-refractivity contribution in [1.82, 2.24) is 16.2 Å². The zero-order valence-electron chi connectivity index (χ0n) is 12.9. The number of hydrogen-bond donors (Lipinski definition) is 3. The molecule has 0 bridgehead atoms.